The lowest BCUT2D eigenvalue weighted by Crippen LogP contribution is -2.53. The molecular weight excluding hydrogens is 440 g/mol. The molecule has 9 heteroatoms. The number of carbonyl (C=O) groups is 1. The average molecular weight is 473 g/mol. The predicted octanol–water partition coefficient (Wildman–Crippen LogP) is 3.24. The van der Waals surface area contributed by atoms with E-state index in [-0.39, 0.29) is 25.2 Å². The van der Waals surface area contributed by atoms with Crippen LogP contribution in [0.5, 0.6) is 5.88 Å². The Morgan fingerprint density at radius 2 is 1.82 bits per heavy atom. The van der Waals surface area contributed by atoms with E-state index in [2.05, 4.69) is 10.3 Å². The molecule has 1 saturated heterocycles. The van der Waals surface area contributed by atoms with Crippen molar-refractivity contribution in [1.29, 1.82) is 0 Å². The van der Waals surface area contributed by atoms with E-state index in [1.54, 1.807) is 23.2 Å². The van der Waals surface area contributed by atoms with Crippen LogP contribution in [0.4, 0.5) is 4.79 Å². The molecule has 2 aliphatic rings. The van der Waals surface area contributed by atoms with Crippen LogP contribution in [0.25, 0.3) is 0 Å². The zero-order valence-corrected chi connectivity index (χ0v) is 20.1. The molecule has 33 heavy (non-hydrogen) atoms. The monoisotopic (exact) mass is 472 g/mol. The molecule has 0 bridgehead atoms. The smallest absolute Gasteiger partial charge is 0.317 e. The van der Waals surface area contributed by atoms with Gasteiger partial charge in [-0.2, -0.15) is 4.31 Å². The topological polar surface area (TPSA) is 91.8 Å². The van der Waals surface area contributed by atoms with Gasteiger partial charge in [0.25, 0.3) is 0 Å². The van der Waals surface area contributed by atoms with Gasteiger partial charge in [0.1, 0.15) is 6.10 Å². The molecule has 2 fully saturated rings. The van der Waals surface area contributed by atoms with Gasteiger partial charge in [0.05, 0.1) is 4.90 Å². The maximum Gasteiger partial charge on any atom is 0.317 e. The fraction of sp³-hybridized carbons (Fsp3) is 0.500. The largest absolute Gasteiger partial charge is 0.474 e. The van der Waals surface area contributed by atoms with Crippen LogP contribution in [-0.4, -0.2) is 60.9 Å². The normalized spacial score (nSPS) is 17.8. The summed E-state index contributed by atoms with van der Waals surface area (Å²) in [5.74, 6) is 0.578. The second-order valence-corrected chi connectivity index (χ2v) is 10.7. The first-order chi connectivity index (χ1) is 15.8. The lowest BCUT2D eigenvalue weighted by molar-refractivity contribution is 0.171. The molecule has 2 heterocycles. The van der Waals surface area contributed by atoms with Crippen molar-refractivity contribution in [2.75, 3.05) is 26.2 Å². The molecule has 2 amide bonds. The van der Waals surface area contributed by atoms with E-state index in [4.69, 9.17) is 4.74 Å². The van der Waals surface area contributed by atoms with Crippen molar-refractivity contribution in [3.05, 3.63) is 53.2 Å². The zero-order chi connectivity index (χ0) is 23.4. The summed E-state index contributed by atoms with van der Waals surface area (Å²) in [6.45, 7) is 5.40. The molecule has 1 aromatic heterocycles. The van der Waals surface area contributed by atoms with Crippen molar-refractivity contribution in [2.45, 2.75) is 57.1 Å². The standard InChI is InChI=1S/C24H32N4O4S/c1-18-9-10-22(16-19(18)2)33(30,31)28-14-12-27(13-15-28)24(29)26-17-20-6-5-11-25-23(20)32-21-7-3-4-8-21/h5-6,9-11,16,21H,3-4,7-8,12-15,17H2,1-2H3,(H,26,29). The maximum atomic E-state index is 13.0. The predicted molar refractivity (Wildman–Crippen MR) is 126 cm³/mol. The highest BCUT2D eigenvalue weighted by molar-refractivity contribution is 7.89. The van der Waals surface area contributed by atoms with Gasteiger partial charge in [0.15, 0.2) is 0 Å². The molecule has 1 aliphatic carbocycles. The van der Waals surface area contributed by atoms with E-state index in [1.165, 1.54) is 17.1 Å². The number of amides is 2. The minimum atomic E-state index is -3.57. The van der Waals surface area contributed by atoms with Crippen LogP contribution in [0.15, 0.2) is 41.4 Å². The number of ether oxygens (including phenoxy) is 1. The summed E-state index contributed by atoms with van der Waals surface area (Å²) in [6, 6.07) is 8.72. The number of benzene rings is 1. The van der Waals surface area contributed by atoms with Gasteiger partial charge in [-0.3, -0.25) is 0 Å². The minimum absolute atomic E-state index is 0.196. The van der Waals surface area contributed by atoms with Gasteiger partial charge in [0.2, 0.25) is 15.9 Å². The lowest BCUT2D eigenvalue weighted by Gasteiger charge is -2.34. The van der Waals surface area contributed by atoms with Crippen molar-refractivity contribution in [3.8, 4) is 5.88 Å². The van der Waals surface area contributed by atoms with E-state index in [0.717, 1.165) is 29.5 Å². The summed E-state index contributed by atoms with van der Waals surface area (Å²) in [5.41, 5.74) is 2.84. The highest BCUT2D eigenvalue weighted by Gasteiger charge is 2.30. The third kappa shape index (κ3) is 5.47. The molecule has 1 aliphatic heterocycles. The number of hydrogen-bond donors (Lipinski definition) is 1. The number of sulfonamides is 1. The van der Waals surface area contributed by atoms with Gasteiger partial charge in [-0.25, -0.2) is 18.2 Å². The molecule has 2 aromatic rings. The van der Waals surface area contributed by atoms with E-state index < -0.39 is 10.0 Å². The number of nitrogens with zero attached hydrogens (tertiary/aromatic N) is 3. The maximum absolute atomic E-state index is 13.0. The zero-order valence-electron chi connectivity index (χ0n) is 19.3. The van der Waals surface area contributed by atoms with E-state index in [0.29, 0.717) is 30.4 Å². The first-order valence-corrected chi connectivity index (χ1v) is 13.0. The highest BCUT2D eigenvalue weighted by Crippen LogP contribution is 2.25. The molecule has 8 nitrogen and oxygen atoms in total. The Labute approximate surface area is 196 Å². The molecule has 4 rings (SSSR count). The highest BCUT2D eigenvalue weighted by atomic mass is 32.2. The molecule has 0 atom stereocenters. The van der Waals surface area contributed by atoms with Crippen LogP contribution in [0.2, 0.25) is 0 Å². The number of piperazine rings is 1. The number of nitrogens with one attached hydrogen (secondary N) is 1. The molecule has 0 unspecified atom stereocenters. The molecule has 1 saturated carbocycles. The first-order valence-electron chi connectivity index (χ1n) is 11.6. The van der Waals surface area contributed by atoms with E-state index in [9.17, 15) is 13.2 Å². The third-order valence-electron chi connectivity index (χ3n) is 6.50. The van der Waals surface area contributed by atoms with Gasteiger partial charge in [-0.05, 0) is 68.9 Å². The van der Waals surface area contributed by atoms with Gasteiger partial charge in [-0.15, -0.1) is 0 Å². The Balaban J connectivity index is 1.31. The van der Waals surface area contributed by atoms with E-state index in [1.807, 2.05) is 32.0 Å². The number of hydrogen-bond acceptors (Lipinski definition) is 5. The number of carbonyl (C=O) groups excluding carboxylic acids is 1. The Morgan fingerprint density at radius 3 is 2.52 bits per heavy atom. The molecular formula is C24H32N4O4S. The quantitative estimate of drug-likeness (QED) is 0.697. The van der Waals surface area contributed by atoms with Gasteiger partial charge in [0, 0.05) is 44.5 Å². The fourth-order valence-electron chi connectivity index (χ4n) is 4.27. The van der Waals surface area contributed by atoms with Gasteiger partial charge < -0.3 is 15.0 Å². The summed E-state index contributed by atoms with van der Waals surface area (Å²) in [5, 5.41) is 2.93. The van der Waals surface area contributed by atoms with E-state index >= 15 is 0 Å². The summed E-state index contributed by atoms with van der Waals surface area (Å²) in [4.78, 5) is 19.0. The number of aryl methyl sites for hydroxylation is 2. The number of urea groups is 1. The summed E-state index contributed by atoms with van der Waals surface area (Å²) < 4.78 is 33.5. The average Bonchev–Trinajstić information content (AvgIpc) is 3.33. The third-order valence-corrected chi connectivity index (χ3v) is 8.40. The fourth-order valence-corrected chi connectivity index (χ4v) is 5.77. The van der Waals surface area contributed by atoms with Gasteiger partial charge in [-0.1, -0.05) is 12.1 Å². The van der Waals surface area contributed by atoms with Crippen LogP contribution in [0, 0.1) is 13.8 Å². The van der Waals surface area contributed by atoms with Crippen molar-refractivity contribution in [1.82, 2.24) is 19.5 Å². The van der Waals surface area contributed by atoms with Crippen LogP contribution < -0.4 is 10.1 Å². The second-order valence-electron chi connectivity index (χ2n) is 8.79. The molecule has 1 N–H and O–H groups in total. The Bertz CT molecular complexity index is 1090. The lowest BCUT2D eigenvalue weighted by atomic mass is 10.1. The second kappa shape index (κ2) is 10.1. The van der Waals surface area contributed by atoms with Crippen molar-refractivity contribution in [3.63, 3.8) is 0 Å². The number of rotatable bonds is 6. The van der Waals surface area contributed by atoms with Gasteiger partial charge >= 0.3 is 6.03 Å². The summed E-state index contributed by atoms with van der Waals surface area (Å²) in [6.07, 6.45) is 6.32. The van der Waals surface area contributed by atoms with Crippen LogP contribution in [-0.2, 0) is 16.6 Å². The molecule has 0 spiro atoms. The van der Waals surface area contributed by atoms with Crippen molar-refractivity contribution < 1.29 is 17.9 Å². The molecule has 178 valence electrons. The Morgan fingerprint density at radius 1 is 1.09 bits per heavy atom. The molecule has 1 aromatic carbocycles. The number of pyridine rings is 1. The Kier molecular flexibility index (Phi) is 7.19. The van der Waals surface area contributed by atoms with Crippen LogP contribution in [0.1, 0.15) is 42.4 Å². The van der Waals surface area contributed by atoms with Crippen LogP contribution in [0.3, 0.4) is 0 Å². The SMILES string of the molecule is Cc1ccc(S(=O)(=O)N2CCN(C(=O)NCc3cccnc3OC3CCCC3)CC2)cc1C. The Hall–Kier alpha value is -2.65. The summed E-state index contributed by atoms with van der Waals surface area (Å²) in [7, 11) is -3.57. The van der Waals surface area contributed by atoms with Crippen molar-refractivity contribution >= 4 is 16.1 Å². The van der Waals surface area contributed by atoms with Crippen molar-refractivity contribution in [2.24, 2.45) is 0 Å². The first kappa shape index (κ1) is 23.5. The molecule has 0 radical (unpaired) electrons. The summed E-state index contributed by atoms with van der Waals surface area (Å²) >= 11 is 0. The van der Waals surface area contributed by atoms with Crippen LogP contribution >= 0.6 is 0 Å². The number of aromatic nitrogens is 1. The minimum Gasteiger partial charge on any atom is -0.474 e.